The lowest BCUT2D eigenvalue weighted by atomic mass is 9.54. The number of halogens is 2. The Bertz CT molecular complexity index is 852. The van der Waals surface area contributed by atoms with Crippen LogP contribution < -0.4 is 10.0 Å². The first kappa shape index (κ1) is 20.5. The summed E-state index contributed by atoms with van der Waals surface area (Å²) < 4.78 is 28.2. The minimum Gasteiger partial charge on any atom is -0.351 e. The molecule has 154 valence electrons. The first-order valence-electron chi connectivity index (χ1n) is 9.86. The van der Waals surface area contributed by atoms with E-state index in [4.69, 9.17) is 23.2 Å². The van der Waals surface area contributed by atoms with Gasteiger partial charge < -0.3 is 5.32 Å². The SMILES string of the molecule is CC(C)(NS(=O)(=O)c1c(Cl)cccc1Cl)C(=O)NC1C2CC3CC(C2)CC1C3. The maximum absolute atomic E-state index is 13.0. The van der Waals surface area contributed by atoms with E-state index in [1.165, 1.54) is 44.2 Å². The largest absolute Gasteiger partial charge is 0.351 e. The van der Waals surface area contributed by atoms with Crippen molar-refractivity contribution < 1.29 is 13.2 Å². The summed E-state index contributed by atoms with van der Waals surface area (Å²) in [4.78, 5) is 12.8. The van der Waals surface area contributed by atoms with Gasteiger partial charge in [-0.1, -0.05) is 29.3 Å². The van der Waals surface area contributed by atoms with Crippen molar-refractivity contribution in [2.45, 2.75) is 62.4 Å². The Hall–Kier alpha value is -0.820. The molecule has 28 heavy (non-hydrogen) atoms. The first-order chi connectivity index (χ1) is 13.1. The fourth-order valence-corrected chi connectivity index (χ4v) is 8.19. The molecule has 0 radical (unpaired) electrons. The van der Waals surface area contributed by atoms with Crippen LogP contribution in [0.5, 0.6) is 0 Å². The molecule has 4 saturated carbocycles. The molecular formula is C20H26Cl2N2O3S. The van der Waals surface area contributed by atoms with Crippen molar-refractivity contribution in [1.29, 1.82) is 0 Å². The quantitative estimate of drug-likeness (QED) is 0.720. The molecule has 0 atom stereocenters. The van der Waals surface area contributed by atoms with Crippen molar-refractivity contribution in [1.82, 2.24) is 10.0 Å². The van der Waals surface area contributed by atoms with Gasteiger partial charge in [0, 0.05) is 6.04 Å². The second-order valence-corrected chi connectivity index (χ2v) is 11.6. The third kappa shape index (κ3) is 3.69. The summed E-state index contributed by atoms with van der Waals surface area (Å²) in [6.45, 7) is 3.14. The molecule has 0 saturated heterocycles. The highest BCUT2D eigenvalue weighted by Gasteiger charge is 2.49. The second kappa shape index (κ2) is 7.15. The van der Waals surface area contributed by atoms with E-state index in [0.717, 1.165) is 11.8 Å². The minimum atomic E-state index is -4.06. The summed E-state index contributed by atoms with van der Waals surface area (Å²) in [5.74, 6) is 2.35. The summed E-state index contributed by atoms with van der Waals surface area (Å²) in [6, 6.07) is 4.65. The Labute approximate surface area is 176 Å². The summed E-state index contributed by atoms with van der Waals surface area (Å²) in [7, 11) is -4.06. The third-order valence-electron chi connectivity index (χ3n) is 6.67. The highest BCUT2D eigenvalue weighted by Crippen LogP contribution is 2.53. The Morgan fingerprint density at radius 3 is 2.00 bits per heavy atom. The van der Waals surface area contributed by atoms with Gasteiger partial charge >= 0.3 is 0 Å². The van der Waals surface area contributed by atoms with Crippen molar-refractivity contribution in [3.8, 4) is 0 Å². The Kier molecular flexibility index (Phi) is 5.22. The Balaban J connectivity index is 1.49. The van der Waals surface area contributed by atoms with Crippen molar-refractivity contribution in [2.75, 3.05) is 0 Å². The average molecular weight is 445 g/mol. The number of carbonyl (C=O) groups is 1. The van der Waals surface area contributed by atoms with Crippen LogP contribution in [0.3, 0.4) is 0 Å². The number of amides is 1. The van der Waals surface area contributed by atoms with Gasteiger partial charge in [-0.3, -0.25) is 4.79 Å². The summed E-state index contributed by atoms with van der Waals surface area (Å²) >= 11 is 12.1. The van der Waals surface area contributed by atoms with E-state index in [-0.39, 0.29) is 26.9 Å². The number of sulfonamides is 1. The molecule has 1 aromatic rings. The molecule has 5 rings (SSSR count). The predicted octanol–water partition coefficient (Wildman–Crippen LogP) is 3.99. The molecule has 0 spiro atoms. The van der Waals surface area contributed by atoms with Crippen LogP contribution in [0.15, 0.2) is 23.1 Å². The second-order valence-electron chi connectivity index (χ2n) is 9.21. The number of carbonyl (C=O) groups excluding carboxylic acids is 1. The molecule has 4 fully saturated rings. The van der Waals surface area contributed by atoms with Crippen LogP contribution in [0.1, 0.15) is 46.0 Å². The zero-order chi connectivity index (χ0) is 20.3. The van der Waals surface area contributed by atoms with E-state index >= 15 is 0 Å². The molecule has 0 aromatic heterocycles. The van der Waals surface area contributed by atoms with Crippen LogP contribution in [0.2, 0.25) is 10.0 Å². The lowest BCUT2D eigenvalue weighted by Gasteiger charge is -2.54. The Morgan fingerprint density at radius 2 is 1.50 bits per heavy atom. The van der Waals surface area contributed by atoms with E-state index < -0.39 is 15.6 Å². The van der Waals surface area contributed by atoms with Crippen molar-refractivity contribution in [3.05, 3.63) is 28.2 Å². The molecule has 8 heteroatoms. The van der Waals surface area contributed by atoms with Crippen molar-refractivity contribution in [2.24, 2.45) is 23.7 Å². The molecule has 4 aliphatic rings. The molecule has 4 bridgehead atoms. The third-order valence-corrected chi connectivity index (χ3v) is 9.28. The van der Waals surface area contributed by atoms with Gasteiger partial charge in [0.1, 0.15) is 10.4 Å². The number of hydrogen-bond acceptors (Lipinski definition) is 3. The summed E-state index contributed by atoms with van der Waals surface area (Å²) in [6.07, 6.45) is 6.06. The molecule has 0 heterocycles. The van der Waals surface area contributed by atoms with Gasteiger partial charge in [0.2, 0.25) is 15.9 Å². The van der Waals surface area contributed by atoms with Gasteiger partial charge in [-0.2, -0.15) is 4.72 Å². The van der Waals surface area contributed by atoms with E-state index in [9.17, 15) is 13.2 Å². The molecule has 5 nitrogen and oxygen atoms in total. The smallest absolute Gasteiger partial charge is 0.244 e. The fraction of sp³-hybridized carbons (Fsp3) is 0.650. The van der Waals surface area contributed by atoms with Crippen LogP contribution in [0, 0.1) is 23.7 Å². The zero-order valence-electron chi connectivity index (χ0n) is 16.0. The van der Waals surface area contributed by atoms with Crippen LogP contribution in [-0.2, 0) is 14.8 Å². The molecule has 0 unspecified atom stereocenters. The van der Waals surface area contributed by atoms with Gasteiger partial charge in [-0.15, -0.1) is 0 Å². The van der Waals surface area contributed by atoms with Crippen molar-refractivity contribution >= 4 is 39.1 Å². The highest BCUT2D eigenvalue weighted by molar-refractivity contribution is 7.89. The van der Waals surface area contributed by atoms with Gasteiger partial charge in [0.05, 0.1) is 10.0 Å². The standard InChI is InChI=1S/C20H26Cl2N2O3S/c1-20(2,24-28(26,27)18-15(21)4-3-5-16(18)22)19(25)23-17-13-7-11-6-12(9-13)10-14(17)8-11/h3-5,11-14,17,24H,6-10H2,1-2H3,(H,23,25). The van der Waals surface area contributed by atoms with Crippen LogP contribution in [0.4, 0.5) is 0 Å². The lowest BCUT2D eigenvalue weighted by Crippen LogP contribution is -2.62. The van der Waals surface area contributed by atoms with E-state index in [1.54, 1.807) is 19.9 Å². The topological polar surface area (TPSA) is 75.3 Å². The molecule has 2 N–H and O–H groups in total. The molecule has 1 aromatic carbocycles. The van der Waals surface area contributed by atoms with Gasteiger partial charge in [0.25, 0.3) is 0 Å². The molecule has 1 amide bonds. The number of rotatable bonds is 5. The normalized spacial score (nSPS) is 31.8. The van der Waals surface area contributed by atoms with Crippen LogP contribution >= 0.6 is 23.2 Å². The van der Waals surface area contributed by atoms with Crippen LogP contribution in [-0.4, -0.2) is 25.9 Å². The number of benzene rings is 1. The van der Waals surface area contributed by atoms with E-state index in [2.05, 4.69) is 10.0 Å². The highest BCUT2D eigenvalue weighted by atomic mass is 35.5. The molecular weight excluding hydrogens is 419 g/mol. The van der Waals surface area contributed by atoms with Crippen molar-refractivity contribution in [3.63, 3.8) is 0 Å². The molecule has 4 aliphatic carbocycles. The van der Waals surface area contributed by atoms with E-state index in [0.29, 0.717) is 11.8 Å². The lowest BCUT2D eigenvalue weighted by molar-refractivity contribution is -0.129. The maximum Gasteiger partial charge on any atom is 0.244 e. The zero-order valence-corrected chi connectivity index (χ0v) is 18.4. The summed E-state index contributed by atoms with van der Waals surface area (Å²) in [5.41, 5.74) is -1.32. The number of hydrogen-bond donors (Lipinski definition) is 2. The van der Waals surface area contributed by atoms with E-state index in [1.807, 2.05) is 0 Å². The minimum absolute atomic E-state index is 0.0252. The summed E-state index contributed by atoms with van der Waals surface area (Å²) in [5, 5.41) is 3.22. The fourth-order valence-electron chi connectivity index (χ4n) is 5.67. The molecule has 0 aliphatic heterocycles. The van der Waals surface area contributed by atoms with Gasteiger partial charge in [-0.25, -0.2) is 8.42 Å². The predicted molar refractivity (Wildman–Crippen MR) is 110 cm³/mol. The van der Waals surface area contributed by atoms with Gasteiger partial charge in [0.15, 0.2) is 0 Å². The van der Waals surface area contributed by atoms with Crippen LogP contribution in [0.25, 0.3) is 0 Å². The monoisotopic (exact) mass is 444 g/mol. The van der Waals surface area contributed by atoms with Gasteiger partial charge in [-0.05, 0) is 81.8 Å². The number of nitrogens with one attached hydrogen (secondary N) is 2. The maximum atomic E-state index is 13.0. The average Bonchev–Trinajstić information content (AvgIpc) is 2.55. The Morgan fingerprint density at radius 1 is 1.00 bits per heavy atom. The first-order valence-corrected chi connectivity index (χ1v) is 12.1.